The van der Waals surface area contributed by atoms with Gasteiger partial charge in [-0.2, -0.15) is 0 Å². The largest absolute Gasteiger partial charge is 0.411 e. The van der Waals surface area contributed by atoms with Crippen LogP contribution in [-0.4, -0.2) is 23.7 Å². The minimum Gasteiger partial charge on any atom is -0.411 e. The Labute approximate surface area is 96.2 Å². The van der Waals surface area contributed by atoms with Gasteiger partial charge in [0.15, 0.2) is 0 Å². The molecule has 1 N–H and O–H groups in total. The first-order valence-corrected chi connectivity index (χ1v) is 5.15. The summed E-state index contributed by atoms with van der Waals surface area (Å²) in [6, 6.07) is 9.40. The summed E-state index contributed by atoms with van der Waals surface area (Å²) < 4.78 is 0. The van der Waals surface area contributed by atoms with Crippen LogP contribution in [0.25, 0.3) is 0 Å². The normalized spacial score (nSPS) is 11.5. The zero-order valence-electron chi connectivity index (χ0n) is 10.1. The fourth-order valence-corrected chi connectivity index (χ4v) is 1.06. The van der Waals surface area contributed by atoms with E-state index < -0.39 is 0 Å². The average Bonchev–Trinajstić information content (AvgIpc) is 2.38. The van der Waals surface area contributed by atoms with Crippen molar-refractivity contribution in [3.05, 3.63) is 35.9 Å². The first-order chi connectivity index (χ1) is 7.79. The van der Waals surface area contributed by atoms with Crippen molar-refractivity contribution in [1.29, 1.82) is 0 Å². The van der Waals surface area contributed by atoms with Crippen LogP contribution in [-0.2, 0) is 4.84 Å². The molecule has 1 aromatic rings. The van der Waals surface area contributed by atoms with Gasteiger partial charge in [0.05, 0.1) is 0 Å². The molecule has 0 aliphatic heterocycles. The molecule has 0 radical (unpaired) electrons. The third-order valence-corrected chi connectivity index (χ3v) is 1.72. The van der Waals surface area contributed by atoms with E-state index in [2.05, 4.69) is 15.1 Å². The Balaban J connectivity index is 0.00000106. The van der Waals surface area contributed by atoms with Gasteiger partial charge in [-0.15, -0.1) is 0 Å². The van der Waals surface area contributed by atoms with Gasteiger partial charge in [-0.05, 0) is 6.92 Å². The molecule has 0 spiro atoms. The fraction of sp³-hybridized carbons (Fsp3) is 0.333. The van der Waals surface area contributed by atoms with Gasteiger partial charge in [-0.1, -0.05) is 54.5 Å². The molecule has 0 unspecified atom stereocenters. The molecule has 0 aromatic heterocycles. The molecule has 0 aliphatic rings. The number of hydrogen-bond donors (Lipinski definition) is 1. The molecule has 0 bridgehead atoms. The Hall–Kier alpha value is -1.84. The molecule has 1 rings (SSSR count). The maximum Gasteiger partial charge on any atom is 0.134 e. The van der Waals surface area contributed by atoms with Crippen LogP contribution in [0.5, 0.6) is 0 Å². The zero-order valence-corrected chi connectivity index (χ0v) is 10.1. The maximum absolute atomic E-state index is 8.64. The van der Waals surface area contributed by atoms with Crippen molar-refractivity contribution in [2.75, 3.05) is 7.11 Å². The molecular weight excluding hydrogens is 204 g/mol. The summed E-state index contributed by atoms with van der Waals surface area (Å²) in [7, 11) is 1.45. The Morgan fingerprint density at radius 3 is 2.19 bits per heavy atom. The molecule has 88 valence electrons. The van der Waals surface area contributed by atoms with Gasteiger partial charge < -0.3 is 10.0 Å². The average molecular weight is 222 g/mol. The van der Waals surface area contributed by atoms with Crippen LogP contribution in [0.15, 0.2) is 40.6 Å². The lowest BCUT2D eigenvalue weighted by Gasteiger charge is -2.02. The first kappa shape index (κ1) is 14.2. The number of hydrogen-bond acceptors (Lipinski definition) is 4. The Morgan fingerprint density at radius 1 is 1.19 bits per heavy atom. The van der Waals surface area contributed by atoms with Crippen LogP contribution in [0.3, 0.4) is 0 Å². The third kappa shape index (κ3) is 4.13. The van der Waals surface area contributed by atoms with Gasteiger partial charge in [0.25, 0.3) is 0 Å². The zero-order chi connectivity index (χ0) is 12.4. The second kappa shape index (κ2) is 8.47. The van der Waals surface area contributed by atoms with Crippen molar-refractivity contribution in [2.24, 2.45) is 10.3 Å². The molecule has 0 atom stereocenters. The summed E-state index contributed by atoms with van der Waals surface area (Å²) in [5, 5.41) is 15.5. The Kier molecular flexibility index (Phi) is 7.49. The lowest BCUT2D eigenvalue weighted by atomic mass is 10.1. The standard InChI is InChI=1S/C10H12N2O2.C2H6/c1-8(11-13)10(12-14-2)9-6-4-3-5-7-9;1-2/h3-7,13H,1-2H3;1-2H3/b11-8-,12-10+;. The second-order valence-corrected chi connectivity index (χ2v) is 2.67. The van der Waals surface area contributed by atoms with E-state index in [0.717, 1.165) is 5.56 Å². The van der Waals surface area contributed by atoms with Gasteiger partial charge in [0.1, 0.15) is 18.5 Å². The lowest BCUT2D eigenvalue weighted by molar-refractivity contribution is 0.214. The molecule has 4 nitrogen and oxygen atoms in total. The van der Waals surface area contributed by atoms with Gasteiger partial charge >= 0.3 is 0 Å². The van der Waals surface area contributed by atoms with E-state index in [9.17, 15) is 0 Å². The minimum absolute atomic E-state index is 0.415. The third-order valence-electron chi connectivity index (χ3n) is 1.72. The predicted octanol–water partition coefficient (Wildman–Crippen LogP) is 2.91. The summed E-state index contributed by atoms with van der Waals surface area (Å²) in [5.41, 5.74) is 1.79. The van der Waals surface area contributed by atoms with Crippen LogP contribution in [0.4, 0.5) is 0 Å². The highest BCUT2D eigenvalue weighted by Gasteiger charge is 2.07. The molecule has 0 amide bonds. The van der Waals surface area contributed by atoms with E-state index in [4.69, 9.17) is 5.21 Å². The number of oxime groups is 2. The van der Waals surface area contributed by atoms with E-state index >= 15 is 0 Å². The Morgan fingerprint density at radius 2 is 1.75 bits per heavy atom. The van der Waals surface area contributed by atoms with E-state index in [0.29, 0.717) is 11.4 Å². The van der Waals surface area contributed by atoms with E-state index in [1.165, 1.54) is 7.11 Å². The SMILES string of the molecule is CC.CO/N=C(\C(C)=N/O)c1ccccc1. The number of benzene rings is 1. The molecule has 0 saturated carbocycles. The molecule has 0 aliphatic carbocycles. The molecule has 16 heavy (non-hydrogen) atoms. The first-order valence-electron chi connectivity index (χ1n) is 5.15. The highest BCUT2D eigenvalue weighted by atomic mass is 16.6. The van der Waals surface area contributed by atoms with Crippen LogP contribution < -0.4 is 0 Å². The van der Waals surface area contributed by atoms with Gasteiger partial charge in [0, 0.05) is 5.56 Å². The minimum atomic E-state index is 0.415. The van der Waals surface area contributed by atoms with Crippen molar-refractivity contribution in [2.45, 2.75) is 20.8 Å². The van der Waals surface area contributed by atoms with Crippen molar-refractivity contribution in [1.82, 2.24) is 0 Å². The van der Waals surface area contributed by atoms with Crippen LogP contribution >= 0.6 is 0 Å². The molecule has 4 heteroatoms. The Bertz CT molecular complexity index is 345. The van der Waals surface area contributed by atoms with E-state index in [-0.39, 0.29) is 0 Å². The lowest BCUT2D eigenvalue weighted by Crippen LogP contribution is -2.12. The van der Waals surface area contributed by atoms with Crippen LogP contribution in [0.2, 0.25) is 0 Å². The molecule has 0 fully saturated rings. The van der Waals surface area contributed by atoms with Gasteiger partial charge in [-0.25, -0.2) is 0 Å². The van der Waals surface area contributed by atoms with E-state index in [1.807, 2.05) is 44.2 Å². The smallest absolute Gasteiger partial charge is 0.134 e. The number of nitrogens with zero attached hydrogens (tertiary/aromatic N) is 2. The predicted molar refractivity (Wildman–Crippen MR) is 66.2 cm³/mol. The highest BCUT2D eigenvalue weighted by Crippen LogP contribution is 2.03. The summed E-state index contributed by atoms with van der Waals surface area (Å²) in [4.78, 5) is 4.68. The molecule has 1 aromatic carbocycles. The van der Waals surface area contributed by atoms with Gasteiger partial charge in [0.2, 0.25) is 0 Å². The number of rotatable bonds is 3. The summed E-state index contributed by atoms with van der Waals surface area (Å²) in [6.07, 6.45) is 0. The molecule has 0 saturated heterocycles. The molecule has 0 heterocycles. The summed E-state index contributed by atoms with van der Waals surface area (Å²) >= 11 is 0. The summed E-state index contributed by atoms with van der Waals surface area (Å²) in [6.45, 7) is 5.66. The van der Waals surface area contributed by atoms with Crippen molar-refractivity contribution in [3.8, 4) is 0 Å². The summed E-state index contributed by atoms with van der Waals surface area (Å²) in [5.74, 6) is 0. The monoisotopic (exact) mass is 222 g/mol. The maximum atomic E-state index is 8.64. The van der Waals surface area contributed by atoms with Crippen LogP contribution in [0.1, 0.15) is 26.3 Å². The van der Waals surface area contributed by atoms with Crippen molar-refractivity contribution in [3.63, 3.8) is 0 Å². The highest BCUT2D eigenvalue weighted by molar-refractivity contribution is 6.47. The fourth-order valence-electron chi connectivity index (χ4n) is 1.06. The van der Waals surface area contributed by atoms with Crippen molar-refractivity contribution < 1.29 is 10.0 Å². The molecular formula is C12H18N2O2. The topological polar surface area (TPSA) is 54.2 Å². The second-order valence-electron chi connectivity index (χ2n) is 2.67. The van der Waals surface area contributed by atoms with Crippen molar-refractivity contribution >= 4 is 11.4 Å². The van der Waals surface area contributed by atoms with Crippen LogP contribution in [0, 0.1) is 0 Å². The van der Waals surface area contributed by atoms with Gasteiger partial charge in [-0.3, -0.25) is 0 Å². The quantitative estimate of drug-likeness (QED) is 0.485. The van der Waals surface area contributed by atoms with E-state index in [1.54, 1.807) is 6.92 Å².